The molecule has 0 spiro atoms. The van der Waals surface area contributed by atoms with E-state index in [0.717, 1.165) is 16.0 Å². The normalized spacial score (nSPS) is 27.6. The standard InChI is InChI=1S/C19H22F3NO2/c1-11(24)12-5-6-14-13(9-12)10-15-17(2,3)18(14,4)7-8-23(15)16(25)19(20,21)22/h5-6,9,15H,7-8,10H2,1-4H3/t15-,18-/m0/s1. The van der Waals surface area contributed by atoms with Gasteiger partial charge in [0.2, 0.25) is 0 Å². The van der Waals surface area contributed by atoms with E-state index in [1.165, 1.54) is 6.92 Å². The molecule has 2 aliphatic rings. The molecule has 0 saturated carbocycles. The van der Waals surface area contributed by atoms with E-state index >= 15 is 0 Å². The lowest BCUT2D eigenvalue weighted by atomic mass is 9.51. The fraction of sp³-hybridized carbons (Fsp3) is 0.579. The highest BCUT2D eigenvalue weighted by Crippen LogP contribution is 2.56. The second-order valence-electron chi connectivity index (χ2n) is 7.95. The first-order valence-corrected chi connectivity index (χ1v) is 8.42. The molecule has 6 heteroatoms. The number of rotatable bonds is 1. The minimum absolute atomic E-state index is 0.0776. The summed E-state index contributed by atoms with van der Waals surface area (Å²) in [6, 6.07) is 4.95. The average molecular weight is 353 g/mol. The second kappa shape index (κ2) is 5.32. The summed E-state index contributed by atoms with van der Waals surface area (Å²) >= 11 is 0. The van der Waals surface area contributed by atoms with E-state index in [-0.39, 0.29) is 17.7 Å². The smallest absolute Gasteiger partial charge is 0.331 e. The highest BCUT2D eigenvalue weighted by molar-refractivity contribution is 5.94. The van der Waals surface area contributed by atoms with Crippen LogP contribution in [0.25, 0.3) is 0 Å². The summed E-state index contributed by atoms with van der Waals surface area (Å²) < 4.78 is 39.1. The van der Waals surface area contributed by atoms with E-state index in [1.807, 2.05) is 19.9 Å². The number of alkyl halides is 3. The van der Waals surface area contributed by atoms with Crippen LogP contribution in [0.15, 0.2) is 18.2 Å². The summed E-state index contributed by atoms with van der Waals surface area (Å²) in [5.41, 5.74) is 1.66. The van der Waals surface area contributed by atoms with E-state index in [2.05, 4.69) is 6.92 Å². The van der Waals surface area contributed by atoms with Crippen molar-refractivity contribution in [3.05, 3.63) is 34.9 Å². The number of ketones is 1. The summed E-state index contributed by atoms with van der Waals surface area (Å²) in [5, 5.41) is 0. The van der Waals surface area contributed by atoms with E-state index in [9.17, 15) is 22.8 Å². The number of likely N-dealkylation sites (tertiary alicyclic amines) is 1. The molecule has 1 aliphatic heterocycles. The largest absolute Gasteiger partial charge is 0.471 e. The summed E-state index contributed by atoms with van der Waals surface area (Å²) in [6.07, 6.45) is -4.07. The number of nitrogens with zero attached hydrogens (tertiary/aromatic N) is 1. The van der Waals surface area contributed by atoms with Crippen molar-refractivity contribution in [3.63, 3.8) is 0 Å². The number of carbonyl (C=O) groups excluding carboxylic acids is 2. The molecule has 2 atom stereocenters. The first-order chi connectivity index (χ1) is 11.4. The van der Waals surface area contributed by atoms with Gasteiger partial charge in [-0.05, 0) is 42.4 Å². The Morgan fingerprint density at radius 3 is 2.40 bits per heavy atom. The van der Waals surface area contributed by atoms with Crippen LogP contribution < -0.4 is 0 Å². The highest BCUT2D eigenvalue weighted by Gasteiger charge is 2.59. The minimum Gasteiger partial charge on any atom is -0.331 e. The maximum absolute atomic E-state index is 13.0. The molecule has 1 fully saturated rings. The van der Waals surface area contributed by atoms with Crippen LogP contribution in [0.2, 0.25) is 0 Å². The molecule has 1 saturated heterocycles. The molecule has 3 nitrogen and oxygen atoms in total. The first-order valence-electron chi connectivity index (χ1n) is 8.42. The molecule has 136 valence electrons. The third kappa shape index (κ3) is 2.49. The number of halogens is 3. The van der Waals surface area contributed by atoms with Crippen LogP contribution in [0, 0.1) is 5.41 Å². The quantitative estimate of drug-likeness (QED) is 0.718. The van der Waals surface area contributed by atoms with Gasteiger partial charge in [-0.25, -0.2) is 0 Å². The van der Waals surface area contributed by atoms with Crippen LogP contribution >= 0.6 is 0 Å². The Morgan fingerprint density at radius 1 is 1.20 bits per heavy atom. The van der Waals surface area contributed by atoms with Crippen molar-refractivity contribution in [2.24, 2.45) is 5.41 Å². The lowest BCUT2D eigenvalue weighted by Crippen LogP contribution is -2.66. The number of carbonyl (C=O) groups is 2. The van der Waals surface area contributed by atoms with Gasteiger partial charge >= 0.3 is 12.1 Å². The summed E-state index contributed by atoms with van der Waals surface area (Å²) in [6.45, 7) is 7.50. The molecular weight excluding hydrogens is 331 g/mol. The Labute approximate surface area is 145 Å². The SMILES string of the molecule is CC(=O)c1ccc2c(c1)C[C@@H]1N(C(=O)C(F)(F)F)CC[C@]2(C)C1(C)C. The van der Waals surface area contributed by atoms with Crippen molar-refractivity contribution in [1.29, 1.82) is 0 Å². The van der Waals surface area contributed by atoms with Gasteiger partial charge in [-0.3, -0.25) is 9.59 Å². The Hall–Kier alpha value is -1.85. The zero-order chi connectivity index (χ0) is 18.8. The highest BCUT2D eigenvalue weighted by atomic mass is 19.4. The molecule has 0 N–H and O–H groups in total. The monoisotopic (exact) mass is 353 g/mol. The fourth-order valence-corrected chi connectivity index (χ4v) is 4.56. The predicted octanol–water partition coefficient (Wildman–Crippen LogP) is 3.89. The third-order valence-corrected chi connectivity index (χ3v) is 6.51. The van der Waals surface area contributed by atoms with Gasteiger partial charge in [-0.15, -0.1) is 0 Å². The van der Waals surface area contributed by atoms with Crippen LogP contribution in [0.5, 0.6) is 0 Å². The van der Waals surface area contributed by atoms with Crippen molar-refractivity contribution in [2.45, 2.75) is 58.2 Å². The van der Waals surface area contributed by atoms with Gasteiger partial charge in [0.05, 0.1) is 0 Å². The molecule has 0 unspecified atom stereocenters. The van der Waals surface area contributed by atoms with E-state index in [1.54, 1.807) is 12.1 Å². The molecule has 2 bridgehead atoms. The van der Waals surface area contributed by atoms with Gasteiger partial charge in [-0.2, -0.15) is 13.2 Å². The molecule has 1 aromatic rings. The van der Waals surface area contributed by atoms with Gasteiger partial charge in [0, 0.05) is 23.6 Å². The Morgan fingerprint density at radius 2 is 1.84 bits per heavy atom. The first kappa shape index (κ1) is 18.0. The Balaban J connectivity index is 2.12. The third-order valence-electron chi connectivity index (χ3n) is 6.51. The van der Waals surface area contributed by atoms with Crippen molar-refractivity contribution in [2.75, 3.05) is 6.54 Å². The molecule has 3 rings (SSSR count). The zero-order valence-corrected chi connectivity index (χ0v) is 14.8. The Kier molecular flexibility index (Phi) is 3.82. The molecule has 25 heavy (non-hydrogen) atoms. The molecule has 0 aromatic heterocycles. The molecule has 1 amide bonds. The maximum atomic E-state index is 13.0. The summed E-state index contributed by atoms with van der Waals surface area (Å²) in [7, 11) is 0. The average Bonchev–Trinajstić information content (AvgIpc) is 2.49. The van der Waals surface area contributed by atoms with Gasteiger partial charge in [-0.1, -0.05) is 32.9 Å². The number of hydrogen-bond donors (Lipinski definition) is 0. The predicted molar refractivity (Wildman–Crippen MR) is 87.5 cm³/mol. The van der Waals surface area contributed by atoms with E-state index < -0.39 is 23.5 Å². The van der Waals surface area contributed by atoms with Crippen molar-refractivity contribution < 1.29 is 22.8 Å². The topological polar surface area (TPSA) is 37.4 Å². The molecule has 1 aromatic carbocycles. The van der Waals surface area contributed by atoms with E-state index in [4.69, 9.17) is 0 Å². The van der Waals surface area contributed by atoms with Gasteiger partial charge < -0.3 is 4.90 Å². The fourth-order valence-electron chi connectivity index (χ4n) is 4.56. The van der Waals surface area contributed by atoms with Crippen LogP contribution in [-0.4, -0.2) is 35.4 Å². The lowest BCUT2D eigenvalue weighted by molar-refractivity contribution is -0.195. The van der Waals surface area contributed by atoms with Crippen molar-refractivity contribution >= 4 is 11.7 Å². The molecular formula is C19H22F3NO2. The van der Waals surface area contributed by atoms with Crippen LogP contribution in [0.4, 0.5) is 13.2 Å². The number of piperidine rings is 1. The maximum Gasteiger partial charge on any atom is 0.471 e. The van der Waals surface area contributed by atoms with E-state index in [0.29, 0.717) is 18.4 Å². The van der Waals surface area contributed by atoms with Gasteiger partial charge in [0.25, 0.3) is 0 Å². The molecule has 0 radical (unpaired) electrons. The van der Waals surface area contributed by atoms with Crippen molar-refractivity contribution in [3.8, 4) is 0 Å². The summed E-state index contributed by atoms with van der Waals surface area (Å²) in [4.78, 5) is 24.6. The number of hydrogen-bond acceptors (Lipinski definition) is 2. The number of Topliss-reactive ketones (excluding diaryl/α,β-unsaturated/α-hetero) is 1. The number of benzene rings is 1. The molecule has 1 heterocycles. The van der Waals surface area contributed by atoms with Crippen LogP contribution in [0.1, 0.15) is 55.6 Å². The zero-order valence-electron chi connectivity index (χ0n) is 14.8. The minimum atomic E-state index is -4.87. The summed E-state index contributed by atoms with van der Waals surface area (Å²) in [5.74, 6) is -1.84. The van der Waals surface area contributed by atoms with Crippen molar-refractivity contribution in [1.82, 2.24) is 4.90 Å². The number of fused-ring (bicyclic) bond motifs is 4. The van der Waals surface area contributed by atoms with Gasteiger partial charge in [0.1, 0.15) is 0 Å². The lowest BCUT2D eigenvalue weighted by Gasteiger charge is -2.60. The molecule has 1 aliphatic carbocycles. The number of amides is 1. The second-order valence-corrected chi connectivity index (χ2v) is 7.95. The Bertz CT molecular complexity index is 754. The van der Waals surface area contributed by atoms with Crippen LogP contribution in [-0.2, 0) is 16.6 Å². The van der Waals surface area contributed by atoms with Crippen LogP contribution in [0.3, 0.4) is 0 Å². The van der Waals surface area contributed by atoms with Gasteiger partial charge in [0.15, 0.2) is 5.78 Å².